The average molecular weight is 413 g/mol. The molecular formula is C23H23N7O. The molecule has 1 aliphatic carbocycles. The fourth-order valence-electron chi connectivity index (χ4n) is 3.96. The quantitative estimate of drug-likeness (QED) is 0.506. The number of nitrogen functional groups attached to an aromatic ring is 1. The van der Waals surface area contributed by atoms with Crippen LogP contribution in [0.15, 0.2) is 67.3 Å². The molecule has 0 spiro atoms. The number of hydrogen-bond donors (Lipinski definition) is 2. The van der Waals surface area contributed by atoms with Crippen LogP contribution in [0, 0.1) is 0 Å². The molecule has 8 nitrogen and oxygen atoms in total. The van der Waals surface area contributed by atoms with Crippen molar-refractivity contribution < 1.29 is 4.79 Å². The lowest BCUT2D eigenvalue weighted by Gasteiger charge is -2.13. The Hall–Kier alpha value is -3.94. The summed E-state index contributed by atoms with van der Waals surface area (Å²) in [4.78, 5) is 17.1. The number of amides is 1. The molecule has 0 saturated heterocycles. The van der Waals surface area contributed by atoms with E-state index in [9.17, 15) is 4.79 Å². The second-order valence-corrected chi connectivity index (χ2v) is 7.78. The van der Waals surface area contributed by atoms with Crippen molar-refractivity contribution in [3.8, 4) is 0 Å². The molecule has 0 fully saturated rings. The molecule has 1 amide bonds. The van der Waals surface area contributed by atoms with Crippen molar-refractivity contribution in [3.63, 3.8) is 0 Å². The average Bonchev–Trinajstić information content (AvgIpc) is 3.51. The molecule has 3 N–H and O–H groups in total. The Balaban J connectivity index is 1.21. The predicted molar refractivity (Wildman–Crippen MR) is 116 cm³/mol. The third kappa shape index (κ3) is 4.18. The summed E-state index contributed by atoms with van der Waals surface area (Å²) in [7, 11) is 0. The molecule has 0 radical (unpaired) electrons. The summed E-state index contributed by atoms with van der Waals surface area (Å²) < 4.78 is 3.67. The van der Waals surface area contributed by atoms with Gasteiger partial charge in [0, 0.05) is 24.3 Å². The lowest BCUT2D eigenvalue weighted by molar-refractivity contribution is 0.0936. The molecule has 4 aromatic rings. The maximum absolute atomic E-state index is 12.7. The number of nitrogens with two attached hydrogens (primary N) is 1. The van der Waals surface area contributed by atoms with Crippen LogP contribution in [0.3, 0.4) is 0 Å². The van der Waals surface area contributed by atoms with E-state index < -0.39 is 0 Å². The minimum atomic E-state index is -0.129. The van der Waals surface area contributed by atoms with Gasteiger partial charge >= 0.3 is 0 Å². The molecule has 1 atom stereocenters. The van der Waals surface area contributed by atoms with Crippen LogP contribution in [0.25, 0.3) is 0 Å². The highest BCUT2D eigenvalue weighted by Gasteiger charge is 2.25. The lowest BCUT2D eigenvalue weighted by atomic mass is 10.1. The fraction of sp³-hybridized carbons (Fsp3) is 0.217. The number of aromatic nitrogens is 5. The van der Waals surface area contributed by atoms with E-state index in [0.717, 1.165) is 36.2 Å². The van der Waals surface area contributed by atoms with Gasteiger partial charge in [-0.25, -0.2) is 4.98 Å². The molecule has 0 bridgehead atoms. The highest BCUT2D eigenvalue weighted by atomic mass is 16.1. The molecule has 3 heterocycles. The van der Waals surface area contributed by atoms with Crippen molar-refractivity contribution in [1.29, 1.82) is 0 Å². The van der Waals surface area contributed by atoms with Gasteiger partial charge < -0.3 is 11.1 Å². The van der Waals surface area contributed by atoms with Gasteiger partial charge in [0.1, 0.15) is 5.82 Å². The van der Waals surface area contributed by atoms with Crippen LogP contribution < -0.4 is 11.1 Å². The van der Waals surface area contributed by atoms with Crippen molar-refractivity contribution in [2.24, 2.45) is 0 Å². The topological polar surface area (TPSA) is 104 Å². The minimum absolute atomic E-state index is 0.0405. The van der Waals surface area contributed by atoms with E-state index >= 15 is 0 Å². The SMILES string of the molecule is Nc1ccc2c(n1)CCC2NC(=O)c1cnn(Cc2ccc(Cn3cccn3)cc2)c1. The van der Waals surface area contributed by atoms with Gasteiger partial charge in [0.25, 0.3) is 5.91 Å². The maximum Gasteiger partial charge on any atom is 0.254 e. The van der Waals surface area contributed by atoms with E-state index in [1.807, 2.05) is 23.0 Å². The Morgan fingerprint density at radius 3 is 2.58 bits per heavy atom. The second kappa shape index (κ2) is 8.06. The Labute approximate surface area is 179 Å². The number of rotatable bonds is 6. The third-order valence-electron chi connectivity index (χ3n) is 5.55. The summed E-state index contributed by atoms with van der Waals surface area (Å²) in [5, 5.41) is 11.7. The molecule has 0 aliphatic heterocycles. The van der Waals surface area contributed by atoms with Gasteiger partial charge in [-0.3, -0.25) is 14.2 Å². The number of pyridine rings is 1. The Morgan fingerprint density at radius 2 is 1.84 bits per heavy atom. The number of carbonyl (C=O) groups excluding carboxylic acids is 1. The first-order valence-corrected chi connectivity index (χ1v) is 10.3. The number of anilines is 1. The van der Waals surface area contributed by atoms with Crippen LogP contribution in [0.2, 0.25) is 0 Å². The zero-order chi connectivity index (χ0) is 21.2. The standard InChI is InChI=1S/C23H23N7O/c24-22-9-6-19-20(27-22)7-8-21(19)28-23(31)18-12-26-30(15-18)14-17-4-2-16(3-5-17)13-29-11-1-10-25-29/h1-6,9-12,15,21H,7-8,13-14H2,(H2,24,27)(H,28,31). The molecule has 31 heavy (non-hydrogen) atoms. The van der Waals surface area contributed by atoms with Crippen LogP contribution in [-0.4, -0.2) is 30.5 Å². The molecular weight excluding hydrogens is 390 g/mol. The summed E-state index contributed by atoms with van der Waals surface area (Å²) in [6.07, 6.45) is 8.76. The third-order valence-corrected chi connectivity index (χ3v) is 5.55. The smallest absolute Gasteiger partial charge is 0.254 e. The monoisotopic (exact) mass is 413 g/mol. The first kappa shape index (κ1) is 19.0. The van der Waals surface area contributed by atoms with Gasteiger partial charge in [-0.15, -0.1) is 0 Å². The summed E-state index contributed by atoms with van der Waals surface area (Å²) in [5.41, 5.74) is 10.6. The highest BCUT2D eigenvalue weighted by molar-refractivity contribution is 5.94. The van der Waals surface area contributed by atoms with E-state index in [2.05, 4.69) is 44.8 Å². The lowest BCUT2D eigenvalue weighted by Crippen LogP contribution is -2.26. The van der Waals surface area contributed by atoms with Crippen molar-refractivity contribution in [3.05, 3.63) is 95.2 Å². The zero-order valence-electron chi connectivity index (χ0n) is 17.0. The fourth-order valence-corrected chi connectivity index (χ4v) is 3.96. The van der Waals surface area contributed by atoms with Gasteiger partial charge in [0.2, 0.25) is 0 Å². The Bertz CT molecular complexity index is 1200. The van der Waals surface area contributed by atoms with Crippen LogP contribution >= 0.6 is 0 Å². The van der Waals surface area contributed by atoms with Crippen molar-refractivity contribution >= 4 is 11.7 Å². The molecule has 156 valence electrons. The van der Waals surface area contributed by atoms with Gasteiger partial charge in [-0.05, 0) is 41.7 Å². The molecule has 3 aromatic heterocycles. The van der Waals surface area contributed by atoms with Crippen LogP contribution in [-0.2, 0) is 19.5 Å². The Morgan fingerprint density at radius 1 is 1.06 bits per heavy atom. The molecule has 1 unspecified atom stereocenters. The normalized spacial score (nSPS) is 15.0. The van der Waals surface area contributed by atoms with E-state index in [-0.39, 0.29) is 11.9 Å². The van der Waals surface area contributed by atoms with Gasteiger partial charge in [-0.2, -0.15) is 10.2 Å². The molecule has 0 saturated carbocycles. The summed E-state index contributed by atoms with van der Waals surface area (Å²) in [5.74, 6) is 0.386. The highest BCUT2D eigenvalue weighted by Crippen LogP contribution is 2.30. The molecule has 1 aromatic carbocycles. The summed E-state index contributed by atoms with van der Waals surface area (Å²) in [6, 6.07) is 13.9. The van der Waals surface area contributed by atoms with E-state index in [1.165, 1.54) is 5.56 Å². The number of carbonyl (C=O) groups is 1. The summed E-state index contributed by atoms with van der Waals surface area (Å²) >= 11 is 0. The predicted octanol–water partition coefficient (Wildman–Crippen LogP) is 2.57. The van der Waals surface area contributed by atoms with E-state index in [1.54, 1.807) is 29.3 Å². The van der Waals surface area contributed by atoms with Gasteiger partial charge in [0.15, 0.2) is 0 Å². The van der Waals surface area contributed by atoms with Gasteiger partial charge in [-0.1, -0.05) is 30.3 Å². The Kier molecular flexibility index (Phi) is 4.95. The van der Waals surface area contributed by atoms with Gasteiger partial charge in [0.05, 0.1) is 30.9 Å². The minimum Gasteiger partial charge on any atom is -0.384 e. The zero-order valence-corrected chi connectivity index (χ0v) is 17.0. The van der Waals surface area contributed by atoms with E-state index in [0.29, 0.717) is 17.9 Å². The van der Waals surface area contributed by atoms with Crippen molar-refractivity contribution in [2.75, 3.05) is 5.73 Å². The number of nitrogens with one attached hydrogen (secondary N) is 1. The number of fused-ring (bicyclic) bond motifs is 1. The summed E-state index contributed by atoms with van der Waals surface area (Å²) in [6.45, 7) is 1.34. The molecule has 8 heteroatoms. The largest absolute Gasteiger partial charge is 0.384 e. The second-order valence-electron chi connectivity index (χ2n) is 7.78. The maximum atomic E-state index is 12.7. The molecule has 1 aliphatic rings. The molecule has 5 rings (SSSR count). The first-order chi connectivity index (χ1) is 15.1. The van der Waals surface area contributed by atoms with Crippen molar-refractivity contribution in [1.82, 2.24) is 29.9 Å². The first-order valence-electron chi connectivity index (χ1n) is 10.3. The number of nitrogens with zero attached hydrogens (tertiary/aromatic N) is 5. The van der Waals surface area contributed by atoms with E-state index in [4.69, 9.17) is 5.73 Å². The van der Waals surface area contributed by atoms with Crippen LogP contribution in [0.4, 0.5) is 5.82 Å². The number of aryl methyl sites for hydroxylation is 1. The van der Waals surface area contributed by atoms with Crippen LogP contribution in [0.5, 0.6) is 0 Å². The van der Waals surface area contributed by atoms with Crippen LogP contribution in [0.1, 0.15) is 45.2 Å². The number of hydrogen-bond acceptors (Lipinski definition) is 5. The van der Waals surface area contributed by atoms with Crippen molar-refractivity contribution in [2.45, 2.75) is 32.0 Å². The number of benzene rings is 1.